The van der Waals surface area contributed by atoms with Gasteiger partial charge in [0.05, 0.1) is 12.8 Å². The maximum Gasteiger partial charge on any atom is 0.211 e. The van der Waals surface area contributed by atoms with Gasteiger partial charge in [-0.05, 0) is 20.8 Å². The van der Waals surface area contributed by atoms with Crippen LogP contribution in [-0.2, 0) is 10.0 Å². The Kier molecular flexibility index (Phi) is 3.95. The monoisotopic (exact) mass is 203 g/mol. The molecule has 0 bridgehead atoms. The maximum atomic E-state index is 10.9. The first-order chi connectivity index (χ1) is 5.63. The van der Waals surface area contributed by atoms with Gasteiger partial charge in [-0.3, -0.25) is 0 Å². The predicted octanol–water partition coefficient (Wildman–Crippen LogP) is 0.927. The summed E-state index contributed by atoms with van der Waals surface area (Å²) in [7, 11) is -1.57. The average molecular weight is 203 g/mol. The Morgan fingerprint density at radius 3 is 2.08 bits per heavy atom. The average Bonchev–Trinajstić information content (AvgIpc) is 1.82. The highest BCUT2D eigenvalue weighted by molar-refractivity contribution is 7.88. The Morgan fingerprint density at radius 2 is 1.77 bits per heavy atom. The van der Waals surface area contributed by atoms with E-state index in [1.807, 2.05) is 20.8 Å². The van der Waals surface area contributed by atoms with Crippen molar-refractivity contribution in [2.75, 3.05) is 19.8 Å². The minimum atomic E-state index is -3.09. The third-order valence-electron chi connectivity index (χ3n) is 1.33. The van der Waals surface area contributed by atoms with E-state index in [2.05, 4.69) is 11.8 Å². The number of rotatable bonds is 2. The lowest BCUT2D eigenvalue weighted by Crippen LogP contribution is -2.25. The van der Waals surface area contributed by atoms with Crippen molar-refractivity contribution in [1.29, 1.82) is 0 Å². The van der Waals surface area contributed by atoms with Gasteiger partial charge in [-0.15, -0.1) is 0 Å². The molecule has 0 fully saturated rings. The van der Waals surface area contributed by atoms with Gasteiger partial charge in [-0.1, -0.05) is 11.8 Å². The molecule has 0 aliphatic heterocycles. The summed E-state index contributed by atoms with van der Waals surface area (Å²) in [5.74, 6) is 5.80. The van der Waals surface area contributed by atoms with Crippen molar-refractivity contribution < 1.29 is 8.42 Å². The quantitative estimate of drug-likeness (QED) is 0.626. The van der Waals surface area contributed by atoms with Crippen LogP contribution in [0.15, 0.2) is 0 Å². The first-order valence-corrected chi connectivity index (χ1v) is 5.89. The molecule has 0 radical (unpaired) electrons. The Labute approximate surface area is 81.2 Å². The molecule has 3 nitrogen and oxygen atoms in total. The summed E-state index contributed by atoms with van der Waals surface area (Å²) in [6.07, 6.45) is 1.17. The molecule has 0 aliphatic rings. The van der Waals surface area contributed by atoms with E-state index in [0.717, 1.165) is 0 Å². The van der Waals surface area contributed by atoms with E-state index < -0.39 is 10.0 Å². The summed E-state index contributed by atoms with van der Waals surface area (Å²) >= 11 is 0. The van der Waals surface area contributed by atoms with Crippen LogP contribution in [0.3, 0.4) is 0 Å². The van der Waals surface area contributed by atoms with Gasteiger partial charge in [0.2, 0.25) is 10.0 Å². The minimum Gasteiger partial charge on any atom is -0.212 e. The van der Waals surface area contributed by atoms with Gasteiger partial charge in [0, 0.05) is 12.5 Å². The van der Waals surface area contributed by atoms with Crippen LogP contribution in [0.5, 0.6) is 0 Å². The fourth-order valence-electron chi connectivity index (χ4n) is 0.533. The Balaban J connectivity index is 4.26. The van der Waals surface area contributed by atoms with E-state index in [1.54, 1.807) is 0 Å². The molecule has 0 spiro atoms. The van der Waals surface area contributed by atoms with Crippen molar-refractivity contribution >= 4 is 10.0 Å². The van der Waals surface area contributed by atoms with E-state index in [0.29, 0.717) is 0 Å². The molecule has 0 saturated carbocycles. The summed E-state index contributed by atoms with van der Waals surface area (Å²) in [5.41, 5.74) is -0.0711. The summed E-state index contributed by atoms with van der Waals surface area (Å²) in [4.78, 5) is 0. The highest BCUT2D eigenvalue weighted by Gasteiger charge is 2.09. The van der Waals surface area contributed by atoms with Crippen LogP contribution in [-0.4, -0.2) is 32.6 Å². The molecule has 4 heteroatoms. The van der Waals surface area contributed by atoms with Gasteiger partial charge in [0.25, 0.3) is 0 Å². The van der Waals surface area contributed by atoms with Gasteiger partial charge >= 0.3 is 0 Å². The number of hydrogen-bond acceptors (Lipinski definition) is 2. The van der Waals surface area contributed by atoms with Crippen LogP contribution < -0.4 is 0 Å². The Bertz CT molecular complexity index is 314. The fraction of sp³-hybridized carbons (Fsp3) is 0.778. The van der Waals surface area contributed by atoms with E-state index in [4.69, 9.17) is 0 Å². The lowest BCUT2D eigenvalue weighted by atomic mass is 9.98. The Hall–Kier alpha value is -0.530. The molecule has 0 atom stereocenters. The number of sulfonamides is 1. The van der Waals surface area contributed by atoms with Gasteiger partial charge < -0.3 is 0 Å². The van der Waals surface area contributed by atoms with E-state index in [1.165, 1.54) is 17.6 Å². The molecule has 0 aromatic rings. The van der Waals surface area contributed by atoms with Crippen molar-refractivity contribution in [3.63, 3.8) is 0 Å². The van der Waals surface area contributed by atoms with E-state index >= 15 is 0 Å². The molecule has 0 aromatic heterocycles. The van der Waals surface area contributed by atoms with Gasteiger partial charge in [0.15, 0.2) is 0 Å². The molecule has 0 heterocycles. The van der Waals surface area contributed by atoms with Crippen molar-refractivity contribution in [3.8, 4) is 11.8 Å². The molecule has 0 N–H and O–H groups in total. The van der Waals surface area contributed by atoms with Gasteiger partial charge in [-0.25, -0.2) is 8.42 Å². The van der Waals surface area contributed by atoms with Crippen molar-refractivity contribution in [3.05, 3.63) is 0 Å². The molecule has 0 aromatic carbocycles. The largest absolute Gasteiger partial charge is 0.212 e. The zero-order valence-electron chi connectivity index (χ0n) is 8.88. The molecule has 0 amide bonds. The lowest BCUT2D eigenvalue weighted by Gasteiger charge is -2.11. The summed E-state index contributed by atoms with van der Waals surface area (Å²) in [6, 6.07) is 0. The Morgan fingerprint density at radius 1 is 1.31 bits per heavy atom. The molecular weight excluding hydrogens is 186 g/mol. The predicted molar refractivity (Wildman–Crippen MR) is 54.7 cm³/mol. The summed E-state index contributed by atoms with van der Waals surface area (Å²) < 4.78 is 23.1. The second-order valence-electron chi connectivity index (χ2n) is 4.07. The number of nitrogens with zero attached hydrogens (tertiary/aromatic N) is 1. The van der Waals surface area contributed by atoms with Crippen LogP contribution in [0, 0.1) is 17.3 Å². The first-order valence-electron chi connectivity index (χ1n) is 4.04. The van der Waals surface area contributed by atoms with Gasteiger partial charge in [-0.2, -0.15) is 4.31 Å². The second kappa shape index (κ2) is 4.12. The van der Waals surface area contributed by atoms with Crippen LogP contribution >= 0.6 is 0 Å². The van der Waals surface area contributed by atoms with Crippen LogP contribution in [0.2, 0.25) is 0 Å². The van der Waals surface area contributed by atoms with Crippen LogP contribution in [0.4, 0.5) is 0 Å². The molecule has 13 heavy (non-hydrogen) atoms. The molecule has 0 rings (SSSR count). The maximum absolute atomic E-state index is 10.9. The lowest BCUT2D eigenvalue weighted by molar-refractivity contribution is 0.507. The van der Waals surface area contributed by atoms with Crippen molar-refractivity contribution in [2.24, 2.45) is 5.41 Å². The van der Waals surface area contributed by atoms with Crippen LogP contribution in [0.25, 0.3) is 0 Å². The summed E-state index contributed by atoms with van der Waals surface area (Å²) in [5, 5.41) is 0. The van der Waals surface area contributed by atoms with Crippen LogP contribution in [0.1, 0.15) is 20.8 Å². The highest BCUT2D eigenvalue weighted by atomic mass is 32.2. The SMILES string of the molecule is CN(CC#CC(C)(C)C)S(C)(=O)=O. The minimum absolute atomic E-state index is 0.0711. The third-order valence-corrected chi connectivity index (χ3v) is 2.59. The van der Waals surface area contributed by atoms with Crippen molar-refractivity contribution in [2.45, 2.75) is 20.8 Å². The highest BCUT2D eigenvalue weighted by Crippen LogP contribution is 2.09. The zero-order valence-corrected chi connectivity index (χ0v) is 9.70. The second-order valence-corrected chi connectivity index (χ2v) is 6.16. The normalized spacial score (nSPS) is 12.5. The molecular formula is C9H17NO2S. The zero-order chi connectivity index (χ0) is 10.7. The fourth-order valence-corrected chi connectivity index (χ4v) is 0.832. The van der Waals surface area contributed by atoms with E-state index in [-0.39, 0.29) is 12.0 Å². The number of hydrogen-bond donors (Lipinski definition) is 0. The summed E-state index contributed by atoms with van der Waals surface area (Å²) in [6.45, 7) is 6.22. The molecule has 0 saturated heterocycles. The van der Waals surface area contributed by atoms with E-state index in [9.17, 15) is 8.42 Å². The molecule has 0 unspecified atom stereocenters. The molecule has 0 aliphatic carbocycles. The first kappa shape index (κ1) is 12.5. The van der Waals surface area contributed by atoms with Crippen molar-refractivity contribution in [1.82, 2.24) is 4.31 Å². The molecule has 76 valence electrons. The third kappa shape index (κ3) is 6.62. The smallest absolute Gasteiger partial charge is 0.211 e. The van der Waals surface area contributed by atoms with Gasteiger partial charge in [0.1, 0.15) is 0 Å². The topological polar surface area (TPSA) is 37.4 Å². The standard InChI is InChI=1S/C9H17NO2S/c1-9(2,3)7-6-8-10(4)13(5,11)12/h8H2,1-5H3.